The number of aromatic hydroxyl groups is 1. The summed E-state index contributed by atoms with van der Waals surface area (Å²) in [5.74, 6) is 0.108. The quantitative estimate of drug-likeness (QED) is 0.799. The lowest BCUT2D eigenvalue weighted by Gasteiger charge is -2.17. The van der Waals surface area contributed by atoms with E-state index in [2.05, 4.69) is 5.32 Å². The van der Waals surface area contributed by atoms with E-state index >= 15 is 0 Å². The van der Waals surface area contributed by atoms with Crippen LogP contribution in [0, 0.1) is 12.7 Å². The number of benzene rings is 2. The molecule has 1 aliphatic rings. The fourth-order valence-electron chi connectivity index (χ4n) is 2.73. The van der Waals surface area contributed by atoms with Gasteiger partial charge in [-0.1, -0.05) is 6.07 Å². The van der Waals surface area contributed by atoms with Crippen molar-refractivity contribution in [2.75, 3.05) is 5.32 Å². The van der Waals surface area contributed by atoms with Crippen LogP contribution in [0.15, 0.2) is 36.4 Å². The van der Waals surface area contributed by atoms with Crippen molar-refractivity contribution in [2.45, 2.75) is 25.8 Å². The van der Waals surface area contributed by atoms with Crippen LogP contribution in [0.25, 0.3) is 0 Å². The molecule has 0 aromatic heterocycles. The highest BCUT2D eigenvalue weighted by Crippen LogP contribution is 2.35. The van der Waals surface area contributed by atoms with Crippen molar-refractivity contribution in [2.24, 2.45) is 0 Å². The van der Waals surface area contributed by atoms with E-state index in [1.165, 1.54) is 11.6 Å². The summed E-state index contributed by atoms with van der Waals surface area (Å²) in [5, 5.41) is 12.9. The molecule has 0 bridgehead atoms. The number of halogens is 1. The Balaban J connectivity index is 1.86. The maximum Gasteiger partial charge on any atom is 0.123 e. The Morgan fingerprint density at radius 1 is 1.21 bits per heavy atom. The lowest BCUT2D eigenvalue weighted by Crippen LogP contribution is -2.08. The second kappa shape index (κ2) is 4.57. The summed E-state index contributed by atoms with van der Waals surface area (Å²) < 4.78 is 13.2. The molecule has 2 nitrogen and oxygen atoms in total. The van der Waals surface area contributed by atoms with Gasteiger partial charge in [-0.3, -0.25) is 0 Å². The summed E-state index contributed by atoms with van der Waals surface area (Å²) in [6.07, 6.45) is 1.88. The van der Waals surface area contributed by atoms with Gasteiger partial charge in [0.25, 0.3) is 0 Å². The van der Waals surface area contributed by atoms with Crippen molar-refractivity contribution >= 4 is 5.69 Å². The van der Waals surface area contributed by atoms with Crippen LogP contribution in [0.5, 0.6) is 5.75 Å². The van der Waals surface area contributed by atoms with E-state index in [0.29, 0.717) is 0 Å². The summed E-state index contributed by atoms with van der Waals surface area (Å²) in [7, 11) is 0. The largest absolute Gasteiger partial charge is 0.508 e. The normalized spacial score (nSPS) is 17.3. The Labute approximate surface area is 111 Å². The van der Waals surface area contributed by atoms with Crippen LogP contribution in [-0.2, 0) is 6.42 Å². The molecule has 0 saturated heterocycles. The molecule has 2 aromatic rings. The van der Waals surface area contributed by atoms with Gasteiger partial charge in [-0.15, -0.1) is 0 Å². The molecule has 1 atom stereocenters. The highest BCUT2D eigenvalue weighted by Gasteiger charge is 2.22. The molecule has 0 aliphatic heterocycles. The molecule has 3 heteroatoms. The molecule has 2 aromatic carbocycles. The lowest BCUT2D eigenvalue weighted by atomic mass is 10.1. The minimum Gasteiger partial charge on any atom is -0.508 e. The third kappa shape index (κ3) is 2.28. The molecule has 0 saturated carbocycles. The number of anilines is 1. The minimum absolute atomic E-state index is 0.166. The number of rotatable bonds is 2. The van der Waals surface area contributed by atoms with Crippen LogP contribution < -0.4 is 5.32 Å². The van der Waals surface area contributed by atoms with Crippen LogP contribution in [0.3, 0.4) is 0 Å². The van der Waals surface area contributed by atoms with Crippen LogP contribution in [-0.4, -0.2) is 5.11 Å². The Bertz CT molecular complexity index is 624. The van der Waals surface area contributed by atoms with Gasteiger partial charge in [-0.2, -0.15) is 0 Å². The summed E-state index contributed by atoms with van der Waals surface area (Å²) in [4.78, 5) is 0. The predicted octanol–water partition coefficient (Wildman–Crippen LogP) is 3.94. The Hall–Kier alpha value is -2.03. The van der Waals surface area contributed by atoms with Gasteiger partial charge in [0.05, 0.1) is 6.04 Å². The van der Waals surface area contributed by atoms with Crippen LogP contribution >= 0.6 is 0 Å². The first-order valence-corrected chi connectivity index (χ1v) is 6.48. The van der Waals surface area contributed by atoms with Gasteiger partial charge in [0.1, 0.15) is 11.6 Å². The first kappa shape index (κ1) is 12.0. The van der Waals surface area contributed by atoms with E-state index in [9.17, 15) is 9.50 Å². The van der Waals surface area contributed by atoms with Gasteiger partial charge in [0.2, 0.25) is 0 Å². The van der Waals surface area contributed by atoms with E-state index in [1.54, 1.807) is 18.2 Å². The monoisotopic (exact) mass is 257 g/mol. The number of phenolic OH excluding ortho intramolecular Hbond substituents is 1. The summed E-state index contributed by atoms with van der Waals surface area (Å²) in [6, 6.07) is 10.5. The molecular formula is C16H16FNO. The fourth-order valence-corrected chi connectivity index (χ4v) is 2.73. The average molecular weight is 257 g/mol. The van der Waals surface area contributed by atoms with Crippen molar-refractivity contribution in [1.82, 2.24) is 0 Å². The van der Waals surface area contributed by atoms with Crippen molar-refractivity contribution in [3.8, 4) is 5.75 Å². The van der Waals surface area contributed by atoms with E-state index in [0.717, 1.165) is 29.7 Å². The maximum absolute atomic E-state index is 13.2. The predicted molar refractivity (Wildman–Crippen MR) is 73.9 cm³/mol. The molecule has 98 valence electrons. The Morgan fingerprint density at radius 3 is 2.84 bits per heavy atom. The zero-order valence-corrected chi connectivity index (χ0v) is 10.8. The van der Waals surface area contributed by atoms with Crippen LogP contribution in [0.1, 0.15) is 29.2 Å². The molecule has 1 aliphatic carbocycles. The summed E-state index contributed by atoms with van der Waals surface area (Å²) >= 11 is 0. The standard InChI is InChI=1S/C16H16FNO/c1-10-8-13(19)4-7-15(10)18-16-6-2-11-9-12(17)3-5-14(11)16/h3-5,7-9,16,18-19H,2,6H2,1H3. The van der Waals surface area contributed by atoms with E-state index < -0.39 is 0 Å². The molecule has 0 spiro atoms. The molecule has 1 unspecified atom stereocenters. The summed E-state index contributed by atoms with van der Waals surface area (Å²) in [6.45, 7) is 1.96. The Morgan fingerprint density at radius 2 is 2.05 bits per heavy atom. The molecule has 0 heterocycles. The van der Waals surface area contributed by atoms with Crippen LogP contribution in [0.4, 0.5) is 10.1 Å². The minimum atomic E-state index is -0.166. The maximum atomic E-state index is 13.2. The molecule has 0 amide bonds. The van der Waals surface area contributed by atoms with Crippen molar-refractivity contribution < 1.29 is 9.50 Å². The first-order valence-electron chi connectivity index (χ1n) is 6.48. The molecule has 0 fully saturated rings. The number of nitrogens with one attached hydrogen (secondary N) is 1. The number of phenols is 1. The first-order chi connectivity index (χ1) is 9.13. The van der Waals surface area contributed by atoms with E-state index in [4.69, 9.17) is 0 Å². The third-order valence-corrected chi connectivity index (χ3v) is 3.72. The fraction of sp³-hybridized carbons (Fsp3) is 0.250. The molecule has 19 heavy (non-hydrogen) atoms. The number of aryl methyl sites for hydroxylation is 2. The van der Waals surface area contributed by atoms with Gasteiger partial charge in [-0.05, 0) is 66.8 Å². The third-order valence-electron chi connectivity index (χ3n) is 3.72. The highest BCUT2D eigenvalue weighted by molar-refractivity contribution is 5.55. The molecule has 3 rings (SSSR count). The van der Waals surface area contributed by atoms with Gasteiger partial charge in [0, 0.05) is 5.69 Å². The lowest BCUT2D eigenvalue weighted by molar-refractivity contribution is 0.475. The molecule has 2 N–H and O–H groups in total. The van der Waals surface area contributed by atoms with Crippen LogP contribution in [0.2, 0.25) is 0 Å². The van der Waals surface area contributed by atoms with Gasteiger partial charge >= 0.3 is 0 Å². The second-order valence-corrected chi connectivity index (χ2v) is 5.08. The SMILES string of the molecule is Cc1cc(O)ccc1NC1CCc2cc(F)ccc21. The molecule has 0 radical (unpaired) electrons. The van der Waals surface area contributed by atoms with Crippen molar-refractivity contribution in [1.29, 1.82) is 0 Å². The van der Waals surface area contributed by atoms with Gasteiger partial charge in [0.15, 0.2) is 0 Å². The highest BCUT2D eigenvalue weighted by atomic mass is 19.1. The number of hydrogen-bond donors (Lipinski definition) is 2. The second-order valence-electron chi connectivity index (χ2n) is 5.08. The topological polar surface area (TPSA) is 32.3 Å². The zero-order valence-electron chi connectivity index (χ0n) is 10.8. The van der Waals surface area contributed by atoms with Gasteiger partial charge < -0.3 is 10.4 Å². The summed E-state index contributed by atoms with van der Waals surface area (Å²) in [5.41, 5.74) is 4.29. The molecular weight excluding hydrogens is 241 g/mol. The van der Waals surface area contributed by atoms with Crippen molar-refractivity contribution in [3.05, 3.63) is 58.9 Å². The van der Waals surface area contributed by atoms with E-state index in [1.807, 2.05) is 19.1 Å². The number of fused-ring (bicyclic) bond motifs is 1. The number of hydrogen-bond acceptors (Lipinski definition) is 2. The van der Waals surface area contributed by atoms with Gasteiger partial charge in [-0.25, -0.2) is 4.39 Å². The van der Waals surface area contributed by atoms with E-state index in [-0.39, 0.29) is 17.6 Å². The average Bonchev–Trinajstić information content (AvgIpc) is 2.75. The Kier molecular flexibility index (Phi) is 2.90. The van der Waals surface area contributed by atoms with Crippen molar-refractivity contribution in [3.63, 3.8) is 0 Å². The smallest absolute Gasteiger partial charge is 0.123 e. The zero-order chi connectivity index (χ0) is 13.4.